The van der Waals surface area contributed by atoms with Gasteiger partial charge in [0.1, 0.15) is 0 Å². The molecule has 2 rings (SSSR count). The van der Waals surface area contributed by atoms with E-state index in [4.69, 9.17) is 5.11 Å². The number of hydrogen-bond donors (Lipinski definition) is 3. The lowest BCUT2D eigenvalue weighted by atomic mass is 10.2. The molecule has 96 valence electrons. The summed E-state index contributed by atoms with van der Waals surface area (Å²) in [6, 6.07) is 11.4. The predicted molar refractivity (Wildman–Crippen MR) is 76.5 cm³/mol. The number of aromatic hydroxyl groups is 1. The van der Waals surface area contributed by atoms with Gasteiger partial charge in [-0.1, -0.05) is 30.3 Å². The van der Waals surface area contributed by atoms with Crippen LogP contribution >= 0.6 is 11.4 Å². The Morgan fingerprint density at radius 3 is 2.72 bits per heavy atom. The molecule has 2 aromatic rings. The van der Waals surface area contributed by atoms with Gasteiger partial charge < -0.3 is 10.2 Å². The molecule has 0 bridgehead atoms. The second-order valence-electron chi connectivity index (χ2n) is 3.91. The number of aromatic nitrogens is 2. The van der Waals surface area contributed by atoms with E-state index in [0.717, 1.165) is 28.4 Å². The van der Waals surface area contributed by atoms with Crippen LogP contribution in [0.1, 0.15) is 6.92 Å². The van der Waals surface area contributed by atoms with Crippen molar-refractivity contribution in [2.75, 3.05) is 5.75 Å². The molecule has 0 aliphatic carbocycles. The van der Waals surface area contributed by atoms with Crippen molar-refractivity contribution < 1.29 is 10.2 Å². The lowest BCUT2D eigenvalue weighted by Gasteiger charge is -2.00. The fourth-order valence-corrected chi connectivity index (χ4v) is 2.24. The van der Waals surface area contributed by atoms with Crippen LogP contribution in [0, 0.1) is 0 Å². The van der Waals surface area contributed by atoms with E-state index >= 15 is 0 Å². The van der Waals surface area contributed by atoms with Crippen molar-refractivity contribution in [3.05, 3.63) is 36.4 Å². The first kappa shape index (κ1) is 12.9. The Bertz CT molecular complexity index is 545. The number of nitrogens with zero attached hydrogens (tertiary/aromatic N) is 2. The van der Waals surface area contributed by atoms with Gasteiger partial charge in [-0.2, -0.15) is 16.4 Å². The summed E-state index contributed by atoms with van der Waals surface area (Å²) in [7, 11) is 0. The Hall–Kier alpha value is -1.59. The Morgan fingerprint density at radius 1 is 1.33 bits per heavy atom. The normalized spacial score (nSPS) is 12.2. The number of thiol groups is 1. The van der Waals surface area contributed by atoms with Gasteiger partial charge in [0.05, 0.1) is 17.3 Å². The fraction of sp³-hybridized carbons (Fsp3) is 0.231. The van der Waals surface area contributed by atoms with Crippen LogP contribution in [-0.4, -0.2) is 30.8 Å². The van der Waals surface area contributed by atoms with Gasteiger partial charge in [0, 0.05) is 17.4 Å². The van der Waals surface area contributed by atoms with Crippen LogP contribution in [0.25, 0.3) is 11.3 Å². The van der Waals surface area contributed by atoms with Crippen LogP contribution in [0.3, 0.4) is 0 Å². The van der Waals surface area contributed by atoms with Gasteiger partial charge >= 0.3 is 0 Å². The number of aliphatic hydroxyl groups is 1. The molecule has 0 saturated carbocycles. The standard InChI is InChI=1S/C13H16N2O2S/c1-10(16)18-8-7-15-13(17)9-12(14-15)11-5-3-2-4-6-11/h2-6,9,16-18H,7-8H2,1H3. The average molecular weight is 264 g/mol. The summed E-state index contributed by atoms with van der Waals surface area (Å²) in [5, 5.41) is 23.6. The van der Waals surface area contributed by atoms with Gasteiger partial charge in [0.15, 0.2) is 0 Å². The SMILES string of the molecule is CC(O)=[SH]CCn1nc(-c2ccccc2)cc1O. The maximum atomic E-state index is 9.79. The first-order valence-corrected chi connectivity index (χ1v) is 6.77. The molecule has 0 atom stereocenters. The highest BCUT2D eigenvalue weighted by Crippen LogP contribution is 2.22. The molecule has 0 aliphatic heterocycles. The van der Waals surface area contributed by atoms with Gasteiger partial charge in [0.2, 0.25) is 5.88 Å². The number of benzene rings is 1. The van der Waals surface area contributed by atoms with E-state index in [1.807, 2.05) is 30.3 Å². The largest absolute Gasteiger partial charge is 0.493 e. The predicted octanol–water partition coefficient (Wildman–Crippen LogP) is 2.43. The van der Waals surface area contributed by atoms with E-state index in [1.165, 1.54) is 0 Å². The third kappa shape index (κ3) is 3.21. The first-order chi connectivity index (χ1) is 8.66. The third-order valence-corrected chi connectivity index (χ3v) is 3.36. The molecule has 18 heavy (non-hydrogen) atoms. The molecule has 1 aromatic heterocycles. The monoisotopic (exact) mass is 264 g/mol. The molecule has 0 saturated heterocycles. The summed E-state index contributed by atoms with van der Waals surface area (Å²) in [4.78, 5) is 0. The van der Waals surface area contributed by atoms with Crippen molar-refractivity contribution in [1.82, 2.24) is 9.78 Å². The minimum Gasteiger partial charge on any atom is -0.493 e. The zero-order valence-electron chi connectivity index (χ0n) is 10.1. The topological polar surface area (TPSA) is 58.3 Å². The van der Waals surface area contributed by atoms with Crippen molar-refractivity contribution in [1.29, 1.82) is 0 Å². The first-order valence-electron chi connectivity index (χ1n) is 5.69. The van der Waals surface area contributed by atoms with Crippen molar-refractivity contribution in [3.8, 4) is 17.1 Å². The highest BCUT2D eigenvalue weighted by Gasteiger charge is 2.07. The van der Waals surface area contributed by atoms with E-state index in [9.17, 15) is 5.11 Å². The van der Waals surface area contributed by atoms with Crippen molar-refractivity contribution in [2.24, 2.45) is 0 Å². The molecule has 0 unspecified atom stereocenters. The second-order valence-corrected chi connectivity index (χ2v) is 5.32. The maximum absolute atomic E-state index is 9.79. The highest BCUT2D eigenvalue weighted by atomic mass is 32.1. The van der Waals surface area contributed by atoms with E-state index in [1.54, 1.807) is 17.7 Å². The van der Waals surface area contributed by atoms with E-state index in [2.05, 4.69) is 5.10 Å². The molecule has 5 heteroatoms. The summed E-state index contributed by atoms with van der Waals surface area (Å²) < 4.78 is 1.55. The molecular weight excluding hydrogens is 248 g/mol. The zero-order chi connectivity index (χ0) is 13.0. The zero-order valence-corrected chi connectivity index (χ0v) is 11.0. The van der Waals surface area contributed by atoms with Gasteiger partial charge in [-0.3, -0.25) is 0 Å². The van der Waals surface area contributed by atoms with E-state index in [0.29, 0.717) is 11.6 Å². The number of hydrogen-bond acceptors (Lipinski definition) is 2. The van der Waals surface area contributed by atoms with Crippen molar-refractivity contribution in [3.63, 3.8) is 0 Å². The molecule has 1 heterocycles. The van der Waals surface area contributed by atoms with Gasteiger partial charge in [-0.25, -0.2) is 4.68 Å². The third-order valence-electron chi connectivity index (χ3n) is 2.48. The lowest BCUT2D eigenvalue weighted by molar-refractivity contribution is 0.406. The second kappa shape index (κ2) is 5.84. The highest BCUT2D eigenvalue weighted by molar-refractivity contribution is 7.98. The number of rotatable bonds is 4. The maximum Gasteiger partial charge on any atom is 0.209 e. The summed E-state index contributed by atoms with van der Waals surface area (Å²) >= 11 is 0.863. The molecule has 0 amide bonds. The van der Waals surface area contributed by atoms with E-state index in [-0.39, 0.29) is 5.88 Å². The molecule has 2 N–H and O–H groups in total. The van der Waals surface area contributed by atoms with Gasteiger partial charge in [0.25, 0.3) is 0 Å². The Morgan fingerprint density at radius 2 is 2.06 bits per heavy atom. The average Bonchev–Trinajstić information content (AvgIpc) is 2.72. The minimum absolute atomic E-state index is 0.152. The van der Waals surface area contributed by atoms with Crippen LogP contribution in [-0.2, 0) is 6.54 Å². The smallest absolute Gasteiger partial charge is 0.209 e. The quantitative estimate of drug-likeness (QED) is 0.587. The van der Waals surface area contributed by atoms with Gasteiger partial charge in [-0.15, -0.1) is 0 Å². The molecule has 0 radical (unpaired) electrons. The Kier molecular flexibility index (Phi) is 4.17. The van der Waals surface area contributed by atoms with Crippen molar-refractivity contribution in [2.45, 2.75) is 13.5 Å². The molecule has 0 spiro atoms. The summed E-state index contributed by atoms with van der Waals surface area (Å²) in [6.45, 7) is 2.25. The Labute approximate surface area is 109 Å². The molecule has 0 aliphatic rings. The lowest BCUT2D eigenvalue weighted by Crippen LogP contribution is -2.02. The number of aryl methyl sites for hydroxylation is 1. The van der Waals surface area contributed by atoms with Crippen LogP contribution in [0.15, 0.2) is 36.4 Å². The Balaban J connectivity index is 2.15. The molecular formula is C13H16N2O2S. The van der Waals surface area contributed by atoms with Crippen LogP contribution < -0.4 is 0 Å². The van der Waals surface area contributed by atoms with E-state index < -0.39 is 0 Å². The van der Waals surface area contributed by atoms with Crippen LogP contribution in [0.2, 0.25) is 0 Å². The number of aliphatic hydroxyl groups excluding tert-OH is 1. The van der Waals surface area contributed by atoms with Crippen LogP contribution in [0.4, 0.5) is 0 Å². The molecule has 0 fully saturated rings. The minimum atomic E-state index is 0.152. The summed E-state index contributed by atoms with van der Waals surface area (Å²) in [5.74, 6) is 0.880. The molecule has 1 aromatic carbocycles. The van der Waals surface area contributed by atoms with Crippen LogP contribution in [0.5, 0.6) is 5.88 Å². The van der Waals surface area contributed by atoms with Gasteiger partial charge in [-0.05, 0) is 6.92 Å². The fourth-order valence-electron chi connectivity index (χ4n) is 1.63. The summed E-state index contributed by atoms with van der Waals surface area (Å²) in [6.07, 6.45) is 0. The molecule has 4 nitrogen and oxygen atoms in total. The van der Waals surface area contributed by atoms with Crippen molar-refractivity contribution >= 4 is 16.4 Å². The summed E-state index contributed by atoms with van der Waals surface area (Å²) in [5.41, 5.74) is 1.74.